The third-order valence-electron chi connectivity index (χ3n) is 11.9. The molecule has 4 nitrogen and oxygen atoms in total. The van der Waals surface area contributed by atoms with Crippen LogP contribution in [0.25, 0.3) is 67.7 Å². The molecule has 0 saturated carbocycles. The molecule has 8 rings (SSSR count). The fourth-order valence-electron chi connectivity index (χ4n) is 7.62. The van der Waals surface area contributed by atoms with Gasteiger partial charge < -0.3 is 0 Å². The Kier molecular flexibility index (Phi) is 7.79. The van der Waals surface area contributed by atoms with Crippen LogP contribution in [0.5, 0.6) is 0 Å². The number of hydrogen-bond donors (Lipinski definition) is 0. The first-order chi connectivity index (χ1) is 24.5. The molecule has 0 N–H and O–H groups in total. The van der Waals surface area contributed by atoms with Crippen LogP contribution in [0.15, 0.2) is 146 Å². The van der Waals surface area contributed by atoms with E-state index < -0.39 is 0 Å². The number of benzene rings is 5. The van der Waals surface area contributed by atoms with Gasteiger partial charge in [-0.2, -0.15) is 0 Å². The van der Waals surface area contributed by atoms with Gasteiger partial charge in [-0.3, -0.25) is 4.98 Å². The Morgan fingerprint density at radius 1 is 0.353 bits per heavy atom. The van der Waals surface area contributed by atoms with Gasteiger partial charge >= 0.3 is 0 Å². The predicted octanol–water partition coefficient (Wildman–Crippen LogP) is 11.9. The Labute approximate surface area is 301 Å². The second-order valence-electron chi connectivity index (χ2n) is 15.3. The Morgan fingerprint density at radius 2 is 0.804 bits per heavy atom. The number of hydrogen-bond acceptors (Lipinski definition) is 4. The maximum Gasteiger partial charge on any atom is 0.165 e. The van der Waals surface area contributed by atoms with Crippen molar-refractivity contribution in [1.29, 1.82) is 0 Å². The minimum Gasteiger partial charge on any atom is -0.255 e. The highest BCUT2D eigenvalue weighted by atomic mass is 15.0. The van der Waals surface area contributed by atoms with E-state index in [0.29, 0.717) is 17.5 Å². The number of fused-ring (bicyclic) bond motifs is 1. The van der Waals surface area contributed by atoms with Crippen molar-refractivity contribution in [3.8, 4) is 67.7 Å². The van der Waals surface area contributed by atoms with Crippen LogP contribution in [0.4, 0.5) is 0 Å². The van der Waals surface area contributed by atoms with Gasteiger partial charge in [0.1, 0.15) is 0 Å². The van der Waals surface area contributed by atoms with Gasteiger partial charge in [-0.05, 0) is 80.0 Å². The third-order valence-corrected chi connectivity index (χ3v) is 11.9. The van der Waals surface area contributed by atoms with Gasteiger partial charge in [0.25, 0.3) is 0 Å². The van der Waals surface area contributed by atoms with Gasteiger partial charge in [-0.1, -0.05) is 151 Å². The largest absolute Gasteiger partial charge is 0.255 e. The van der Waals surface area contributed by atoms with Crippen LogP contribution >= 0.6 is 0 Å². The summed E-state index contributed by atoms with van der Waals surface area (Å²) >= 11 is 0. The van der Waals surface area contributed by atoms with Crippen molar-refractivity contribution in [3.63, 3.8) is 0 Å². The van der Waals surface area contributed by atoms with E-state index in [2.05, 4.69) is 169 Å². The molecule has 0 spiro atoms. The topological polar surface area (TPSA) is 51.6 Å². The molecule has 0 amide bonds. The van der Waals surface area contributed by atoms with Crippen LogP contribution in [-0.2, 0) is 10.8 Å². The Hall–Kier alpha value is -5.74. The van der Waals surface area contributed by atoms with Crippen LogP contribution in [0.3, 0.4) is 0 Å². The molecule has 0 radical (unpaired) electrons. The molecule has 0 fully saturated rings. The minimum atomic E-state index is 0.0229. The first-order valence-electron chi connectivity index (χ1n) is 17.7. The molecule has 2 heterocycles. The van der Waals surface area contributed by atoms with E-state index in [-0.39, 0.29) is 16.2 Å². The Morgan fingerprint density at radius 3 is 1.31 bits per heavy atom. The Balaban J connectivity index is 1.21. The second kappa shape index (κ2) is 12.2. The van der Waals surface area contributed by atoms with Crippen LogP contribution in [0.1, 0.15) is 52.7 Å². The van der Waals surface area contributed by atoms with Crippen molar-refractivity contribution >= 4 is 0 Å². The molecule has 1 aliphatic carbocycles. The monoisotopic (exact) mass is 662 g/mol. The SMILES string of the molecule is CC1(C)c2ccc(-c3ccc(-c4nc(-c5cccc(-c6ccccc6)c5)nc(-c5cccc(-c6ccccc6)c5)n4)cn3)cc2C(C)(C)C1(C)C. The Bertz CT molecular complexity index is 2270. The molecule has 4 heteroatoms. The first-order valence-corrected chi connectivity index (χ1v) is 17.7. The molecule has 0 saturated heterocycles. The fraction of sp³-hybridized carbons (Fsp3) is 0.191. The molecule has 7 aromatic rings. The van der Waals surface area contributed by atoms with E-state index in [1.807, 2.05) is 18.3 Å². The lowest BCUT2D eigenvalue weighted by Gasteiger charge is -2.44. The summed E-state index contributed by atoms with van der Waals surface area (Å²) in [6.07, 6.45) is 1.89. The van der Waals surface area contributed by atoms with Crippen LogP contribution in [0.2, 0.25) is 0 Å². The fourth-order valence-corrected chi connectivity index (χ4v) is 7.62. The standard InChI is InChI=1S/C47H42N4/c1-45(2)39-25-23-35(29-40(39)46(3,4)47(45,5)6)41-26-24-38(30-48-41)44-50-42(36-21-13-19-33(27-36)31-15-9-7-10-16-31)49-43(51-44)37-22-14-20-34(28-37)32-17-11-8-12-18-32/h7-30H,1-6H3. The van der Waals surface area contributed by atoms with Crippen LogP contribution < -0.4 is 0 Å². The molecule has 5 aromatic carbocycles. The molecule has 0 unspecified atom stereocenters. The summed E-state index contributed by atoms with van der Waals surface area (Å²) in [4.78, 5) is 20.2. The summed E-state index contributed by atoms with van der Waals surface area (Å²) in [5, 5.41) is 0. The summed E-state index contributed by atoms with van der Waals surface area (Å²) < 4.78 is 0. The number of pyridine rings is 1. The molecule has 250 valence electrons. The molecular weight excluding hydrogens is 621 g/mol. The molecule has 1 aliphatic rings. The number of nitrogens with zero attached hydrogens (tertiary/aromatic N) is 4. The molecule has 0 atom stereocenters. The summed E-state index contributed by atoms with van der Waals surface area (Å²) in [7, 11) is 0. The zero-order valence-corrected chi connectivity index (χ0v) is 30.1. The quantitative estimate of drug-likeness (QED) is 0.178. The zero-order chi connectivity index (χ0) is 35.4. The number of rotatable bonds is 6. The van der Waals surface area contributed by atoms with Gasteiger partial charge in [-0.15, -0.1) is 0 Å². The minimum absolute atomic E-state index is 0.0229. The van der Waals surface area contributed by atoms with Crippen molar-refractivity contribution in [1.82, 2.24) is 19.9 Å². The summed E-state index contributed by atoms with van der Waals surface area (Å²) in [5.41, 5.74) is 12.3. The molecule has 0 aliphatic heterocycles. The third kappa shape index (κ3) is 5.56. The van der Waals surface area contributed by atoms with Crippen molar-refractivity contribution in [2.75, 3.05) is 0 Å². The molecule has 51 heavy (non-hydrogen) atoms. The van der Waals surface area contributed by atoms with Gasteiger partial charge in [-0.25, -0.2) is 15.0 Å². The lowest BCUT2D eigenvalue weighted by Crippen LogP contribution is -2.42. The summed E-state index contributed by atoms with van der Waals surface area (Å²) in [5.74, 6) is 1.82. The van der Waals surface area contributed by atoms with Crippen molar-refractivity contribution in [2.45, 2.75) is 52.4 Å². The highest BCUT2D eigenvalue weighted by molar-refractivity contribution is 5.75. The van der Waals surface area contributed by atoms with Gasteiger partial charge in [0, 0.05) is 28.5 Å². The normalized spacial score (nSPS) is 15.3. The predicted molar refractivity (Wildman–Crippen MR) is 210 cm³/mol. The average Bonchev–Trinajstić information content (AvgIpc) is 3.28. The van der Waals surface area contributed by atoms with E-state index in [9.17, 15) is 0 Å². The maximum absolute atomic E-state index is 5.06. The van der Waals surface area contributed by atoms with Gasteiger partial charge in [0.2, 0.25) is 0 Å². The maximum atomic E-state index is 5.06. The molecule has 0 bridgehead atoms. The lowest BCUT2D eigenvalue weighted by molar-refractivity contribution is 0.125. The smallest absolute Gasteiger partial charge is 0.165 e. The highest BCUT2D eigenvalue weighted by Crippen LogP contribution is 2.61. The molecule has 2 aromatic heterocycles. The first kappa shape index (κ1) is 32.5. The highest BCUT2D eigenvalue weighted by Gasteiger charge is 2.56. The molecular formula is C47H42N4. The van der Waals surface area contributed by atoms with Crippen molar-refractivity contribution < 1.29 is 0 Å². The second-order valence-corrected chi connectivity index (χ2v) is 15.3. The van der Waals surface area contributed by atoms with E-state index >= 15 is 0 Å². The van der Waals surface area contributed by atoms with E-state index in [1.165, 1.54) is 11.1 Å². The van der Waals surface area contributed by atoms with Crippen LogP contribution in [-0.4, -0.2) is 19.9 Å². The van der Waals surface area contributed by atoms with E-state index in [1.54, 1.807) is 0 Å². The van der Waals surface area contributed by atoms with E-state index in [0.717, 1.165) is 50.2 Å². The van der Waals surface area contributed by atoms with Gasteiger partial charge in [0.15, 0.2) is 17.5 Å². The summed E-state index contributed by atoms with van der Waals surface area (Å²) in [6.45, 7) is 14.3. The van der Waals surface area contributed by atoms with Crippen LogP contribution in [0, 0.1) is 5.41 Å². The van der Waals surface area contributed by atoms with E-state index in [4.69, 9.17) is 19.9 Å². The lowest BCUT2D eigenvalue weighted by atomic mass is 9.59. The average molecular weight is 663 g/mol. The van der Waals surface area contributed by atoms with Crippen molar-refractivity contribution in [2.24, 2.45) is 5.41 Å². The number of aromatic nitrogens is 4. The van der Waals surface area contributed by atoms with Crippen molar-refractivity contribution in [3.05, 3.63) is 157 Å². The zero-order valence-electron chi connectivity index (χ0n) is 30.1. The summed E-state index contributed by atoms with van der Waals surface area (Å²) in [6, 6.07) is 48.6. The van der Waals surface area contributed by atoms with Gasteiger partial charge in [0.05, 0.1) is 5.69 Å².